The van der Waals surface area contributed by atoms with Gasteiger partial charge in [0.2, 0.25) is 0 Å². The fraction of sp³-hybridized carbons (Fsp3) is 0.158. The molecule has 0 saturated heterocycles. The average Bonchev–Trinajstić information content (AvgIpc) is 3.05. The van der Waals surface area contributed by atoms with E-state index in [0.717, 1.165) is 11.1 Å². The normalized spacial score (nSPS) is 23.9. The predicted molar refractivity (Wildman–Crippen MR) is 162 cm³/mol. The molecule has 5 aromatic carbocycles. The second-order valence-corrected chi connectivity index (χ2v) is 10.9. The fourth-order valence-corrected chi connectivity index (χ4v) is 6.77. The number of rotatable bonds is 7. The van der Waals surface area contributed by atoms with Crippen LogP contribution in [0.15, 0.2) is 152 Å². The first-order valence-corrected chi connectivity index (χ1v) is 14.1. The van der Waals surface area contributed by atoms with Crippen LogP contribution >= 0.6 is 0 Å². The van der Waals surface area contributed by atoms with Gasteiger partial charge in [0.05, 0.1) is 5.92 Å². The molecule has 41 heavy (non-hydrogen) atoms. The molecule has 3 nitrogen and oxygen atoms in total. The summed E-state index contributed by atoms with van der Waals surface area (Å²) in [4.78, 5) is 29.3. The Labute approximate surface area is 241 Å². The minimum absolute atomic E-state index is 0.0192. The van der Waals surface area contributed by atoms with Crippen molar-refractivity contribution in [3.8, 4) is 0 Å². The molecule has 5 atom stereocenters. The van der Waals surface area contributed by atoms with Crippen molar-refractivity contribution >= 4 is 11.6 Å². The van der Waals surface area contributed by atoms with Crippen molar-refractivity contribution in [3.63, 3.8) is 0 Å². The third-order valence-electron chi connectivity index (χ3n) is 8.61. The Morgan fingerprint density at radius 2 is 0.951 bits per heavy atom. The first kappa shape index (κ1) is 26.6. The summed E-state index contributed by atoms with van der Waals surface area (Å²) in [6.45, 7) is 0. The molecule has 0 aromatic heterocycles. The number of ketones is 2. The summed E-state index contributed by atoms with van der Waals surface area (Å²) < 4.78 is 0. The summed E-state index contributed by atoms with van der Waals surface area (Å²) in [6, 6.07) is 47.8. The van der Waals surface area contributed by atoms with E-state index in [1.165, 1.54) is 0 Å². The molecule has 0 spiro atoms. The number of hydrogen-bond acceptors (Lipinski definition) is 3. The second-order valence-electron chi connectivity index (χ2n) is 10.9. The van der Waals surface area contributed by atoms with Crippen molar-refractivity contribution in [2.24, 2.45) is 11.8 Å². The molecule has 0 bridgehead atoms. The van der Waals surface area contributed by atoms with E-state index in [2.05, 4.69) is 0 Å². The molecule has 1 saturated carbocycles. The van der Waals surface area contributed by atoms with Gasteiger partial charge in [-0.3, -0.25) is 9.59 Å². The van der Waals surface area contributed by atoms with Crippen LogP contribution in [0.2, 0.25) is 0 Å². The minimum atomic E-state index is -1.53. The lowest BCUT2D eigenvalue weighted by molar-refractivity contribution is -0.0690. The Morgan fingerprint density at radius 3 is 1.46 bits per heavy atom. The predicted octanol–water partition coefficient (Wildman–Crippen LogP) is 7.84. The first-order chi connectivity index (χ1) is 20.1. The summed E-state index contributed by atoms with van der Waals surface area (Å²) in [5.41, 5.74) is 2.13. The summed E-state index contributed by atoms with van der Waals surface area (Å²) in [6.07, 6.45) is 0.233. The Balaban J connectivity index is 1.64. The van der Waals surface area contributed by atoms with Gasteiger partial charge in [-0.15, -0.1) is 0 Å². The lowest BCUT2D eigenvalue weighted by Gasteiger charge is -2.51. The van der Waals surface area contributed by atoms with Gasteiger partial charge in [0.15, 0.2) is 11.6 Å². The van der Waals surface area contributed by atoms with Crippen molar-refractivity contribution in [3.05, 3.63) is 179 Å². The molecular weight excluding hydrogens is 504 g/mol. The number of carbonyl (C=O) groups excluding carboxylic acids is 2. The lowest BCUT2D eigenvalue weighted by Crippen LogP contribution is -2.53. The number of benzene rings is 5. The highest BCUT2D eigenvalue weighted by Gasteiger charge is 2.58. The Bertz CT molecular complexity index is 1600. The first-order valence-electron chi connectivity index (χ1n) is 14.1. The van der Waals surface area contributed by atoms with Gasteiger partial charge < -0.3 is 5.11 Å². The summed E-state index contributed by atoms with van der Waals surface area (Å²) >= 11 is 0. The molecule has 1 fully saturated rings. The summed E-state index contributed by atoms with van der Waals surface area (Å²) in [7, 11) is 0. The molecule has 6 rings (SSSR count). The van der Waals surface area contributed by atoms with Crippen molar-refractivity contribution < 1.29 is 14.7 Å². The second kappa shape index (κ2) is 11.5. The Hall–Kier alpha value is -4.60. The van der Waals surface area contributed by atoms with Gasteiger partial charge in [0.1, 0.15) is 5.60 Å². The maximum absolute atomic E-state index is 14.6. The summed E-state index contributed by atoms with van der Waals surface area (Å²) in [5, 5.41) is 12.9. The van der Waals surface area contributed by atoms with Gasteiger partial charge in [-0.25, -0.2) is 0 Å². The average molecular weight is 537 g/mol. The third kappa shape index (κ3) is 5.05. The van der Waals surface area contributed by atoms with Crippen LogP contribution in [0.1, 0.15) is 55.7 Å². The van der Waals surface area contributed by atoms with E-state index in [-0.39, 0.29) is 23.9 Å². The van der Waals surface area contributed by atoms with Crippen LogP contribution < -0.4 is 0 Å². The molecule has 1 aliphatic rings. The smallest absolute Gasteiger partial charge is 0.169 e. The maximum Gasteiger partial charge on any atom is 0.169 e. The molecule has 0 amide bonds. The highest BCUT2D eigenvalue weighted by Crippen LogP contribution is 2.58. The zero-order valence-electron chi connectivity index (χ0n) is 22.7. The van der Waals surface area contributed by atoms with Crippen LogP contribution in [0.4, 0.5) is 0 Å². The number of hydrogen-bond donors (Lipinski definition) is 1. The molecule has 1 N–H and O–H groups in total. The van der Waals surface area contributed by atoms with E-state index in [1.54, 1.807) is 12.1 Å². The highest BCUT2D eigenvalue weighted by molar-refractivity contribution is 6.03. The van der Waals surface area contributed by atoms with E-state index < -0.39 is 23.4 Å². The zero-order valence-corrected chi connectivity index (χ0v) is 22.7. The van der Waals surface area contributed by atoms with Crippen molar-refractivity contribution in [1.82, 2.24) is 0 Å². The van der Waals surface area contributed by atoms with Crippen molar-refractivity contribution in [1.29, 1.82) is 0 Å². The zero-order chi connectivity index (χ0) is 28.2. The molecule has 0 aliphatic heterocycles. The van der Waals surface area contributed by atoms with Gasteiger partial charge in [0, 0.05) is 23.0 Å². The van der Waals surface area contributed by atoms with Gasteiger partial charge >= 0.3 is 0 Å². The lowest BCUT2D eigenvalue weighted by atomic mass is 9.52. The van der Waals surface area contributed by atoms with Crippen molar-refractivity contribution in [2.75, 3.05) is 0 Å². The highest BCUT2D eigenvalue weighted by atomic mass is 16.3. The van der Waals surface area contributed by atoms with Gasteiger partial charge in [-0.2, -0.15) is 0 Å². The van der Waals surface area contributed by atoms with E-state index >= 15 is 0 Å². The molecule has 0 heterocycles. The third-order valence-corrected chi connectivity index (χ3v) is 8.61. The molecule has 3 heteroatoms. The van der Waals surface area contributed by atoms with Gasteiger partial charge in [-0.05, 0) is 29.0 Å². The Morgan fingerprint density at radius 1 is 0.537 bits per heavy atom. The van der Waals surface area contributed by atoms with E-state index in [4.69, 9.17) is 0 Å². The SMILES string of the molecule is O=C(c1ccccc1)[C@H]1[C@@H](c2ccccc2)[C@H](C(=O)c2ccccc2)[C@@](O)(c2ccccc2)C[C@H]1c1ccccc1. The number of aliphatic hydroxyl groups is 1. The molecule has 5 aromatic rings. The minimum Gasteiger partial charge on any atom is -0.384 e. The van der Waals surface area contributed by atoms with Crippen LogP contribution in [0.5, 0.6) is 0 Å². The monoisotopic (exact) mass is 536 g/mol. The van der Waals surface area contributed by atoms with Crippen LogP contribution in [0.3, 0.4) is 0 Å². The van der Waals surface area contributed by atoms with Crippen molar-refractivity contribution in [2.45, 2.75) is 23.9 Å². The number of carbonyl (C=O) groups is 2. The fourth-order valence-electron chi connectivity index (χ4n) is 6.77. The maximum atomic E-state index is 14.6. The van der Waals surface area contributed by atoms with E-state index in [1.807, 2.05) is 140 Å². The van der Waals surface area contributed by atoms with Gasteiger partial charge in [0.25, 0.3) is 0 Å². The summed E-state index contributed by atoms with van der Waals surface area (Å²) in [5.74, 6) is -2.58. The largest absolute Gasteiger partial charge is 0.384 e. The number of Topliss-reactive ketones (excluding diaryl/α,β-unsaturated/α-hetero) is 2. The molecular formula is C38H32O3. The topological polar surface area (TPSA) is 54.4 Å². The van der Waals surface area contributed by atoms with Crippen LogP contribution in [-0.4, -0.2) is 16.7 Å². The molecule has 0 unspecified atom stereocenters. The van der Waals surface area contributed by atoms with Crippen LogP contribution in [-0.2, 0) is 5.60 Å². The Kier molecular flexibility index (Phi) is 7.45. The molecule has 0 radical (unpaired) electrons. The van der Waals surface area contributed by atoms with Crippen LogP contribution in [0, 0.1) is 11.8 Å². The molecule has 1 aliphatic carbocycles. The van der Waals surface area contributed by atoms with Gasteiger partial charge in [-0.1, -0.05) is 152 Å². The standard InChI is InChI=1S/C38H32O3/c39-36(29-20-10-3-11-21-29)34-32(27-16-6-1-7-17-27)26-38(41,31-24-14-5-15-25-31)35(33(34)28-18-8-2-9-19-28)37(40)30-22-12-4-13-23-30/h1-25,32-35,41H,26H2/t32-,33+,34+,35+,38-/m0/s1. The van der Waals surface area contributed by atoms with E-state index in [9.17, 15) is 14.7 Å². The molecule has 202 valence electrons. The van der Waals surface area contributed by atoms with E-state index in [0.29, 0.717) is 16.7 Å². The quantitative estimate of drug-likeness (QED) is 0.216. The van der Waals surface area contributed by atoms with Crippen LogP contribution in [0.25, 0.3) is 0 Å².